The van der Waals surface area contributed by atoms with Crippen molar-refractivity contribution in [1.29, 1.82) is 0 Å². The first-order valence-corrected chi connectivity index (χ1v) is 29.6. The first kappa shape index (κ1) is 83.8. The maximum atomic E-state index is 2.38. The minimum Gasteiger partial charge on any atom is -0.0776 e. The van der Waals surface area contributed by atoms with Crippen LogP contribution in [0, 0.1) is 37.5 Å². The van der Waals surface area contributed by atoms with E-state index in [-0.39, 0.29) is 74.3 Å². The Kier molecular flexibility index (Phi) is 46.7. The van der Waals surface area contributed by atoms with Crippen LogP contribution in [-0.2, 0) is 0 Å². The van der Waals surface area contributed by atoms with Crippen molar-refractivity contribution in [3.05, 3.63) is 214 Å². The molecule has 6 fully saturated rings. The lowest BCUT2D eigenvalue weighted by Crippen LogP contribution is -2.00. The van der Waals surface area contributed by atoms with Gasteiger partial charge in [0.15, 0.2) is 0 Å². The van der Waals surface area contributed by atoms with E-state index in [1.165, 1.54) is 140 Å². The predicted molar refractivity (Wildman–Crippen MR) is 381 cm³/mol. The Morgan fingerprint density at radius 3 is 0.598 bits per heavy atom. The van der Waals surface area contributed by atoms with E-state index in [2.05, 4.69) is 211 Å². The van der Waals surface area contributed by atoms with Gasteiger partial charge in [-0.1, -0.05) is 349 Å². The first-order chi connectivity index (χ1) is 35.3. The highest BCUT2D eigenvalue weighted by Crippen LogP contribution is 2.42. The van der Waals surface area contributed by atoms with E-state index >= 15 is 0 Å². The topological polar surface area (TPSA) is 0 Å². The Morgan fingerprint density at radius 1 is 0.220 bits per heavy atom. The average molecular weight is 1120 g/mol. The van der Waals surface area contributed by atoms with E-state index in [1.54, 1.807) is 33.4 Å². The van der Waals surface area contributed by atoms with Crippen molar-refractivity contribution in [1.82, 2.24) is 0 Å². The first-order valence-electron chi connectivity index (χ1n) is 29.6. The molecule has 6 saturated carbocycles. The Labute approximate surface area is 515 Å². The second kappa shape index (κ2) is 45.7. The molecular weight excluding hydrogens is 985 g/mol. The SMILES string of the molecule is C.C.C.C.C.C.C.C.C.C.CC1CCCC1c1ccccc1.CC1CCCC1c1ccccc1.CC1CCCC1c1ccccc1.CC1CCCC1c1ccccc1.Cc1ccccc1C1CCCC1.Cc1ccccc1C1CCCC1. The molecule has 0 spiro atoms. The van der Waals surface area contributed by atoms with Crippen molar-refractivity contribution in [3.63, 3.8) is 0 Å². The van der Waals surface area contributed by atoms with Crippen LogP contribution in [0.1, 0.15) is 310 Å². The van der Waals surface area contributed by atoms with Gasteiger partial charge in [0.05, 0.1) is 0 Å². The highest BCUT2D eigenvalue weighted by atomic mass is 14.3. The normalized spacial score (nSPS) is 22.4. The van der Waals surface area contributed by atoms with Crippen molar-refractivity contribution in [2.75, 3.05) is 0 Å². The number of benzene rings is 6. The number of rotatable bonds is 6. The molecule has 0 aromatic heterocycles. The molecule has 8 atom stereocenters. The van der Waals surface area contributed by atoms with Crippen LogP contribution in [0.3, 0.4) is 0 Å². The zero-order valence-electron chi connectivity index (χ0n) is 46.1. The van der Waals surface area contributed by atoms with Crippen molar-refractivity contribution in [2.45, 2.75) is 280 Å². The van der Waals surface area contributed by atoms with E-state index in [9.17, 15) is 0 Å². The predicted octanol–water partition coefficient (Wildman–Crippen LogP) is 28.0. The van der Waals surface area contributed by atoms with E-state index in [0.29, 0.717) is 0 Å². The number of hydrogen-bond acceptors (Lipinski definition) is 0. The summed E-state index contributed by atoms with van der Waals surface area (Å²) in [5, 5.41) is 0. The number of aryl methyl sites for hydroxylation is 2. The molecule has 8 unspecified atom stereocenters. The van der Waals surface area contributed by atoms with Gasteiger partial charge in [0.2, 0.25) is 0 Å². The maximum Gasteiger partial charge on any atom is -0.0136 e. The smallest absolute Gasteiger partial charge is 0.0136 e. The molecule has 6 aliphatic rings. The van der Waals surface area contributed by atoms with Gasteiger partial charge in [-0.05, 0) is 169 Å². The van der Waals surface area contributed by atoms with E-state index in [4.69, 9.17) is 0 Å². The third-order valence-electron chi connectivity index (χ3n) is 18.3. The molecular formula is C82H136. The quantitative estimate of drug-likeness (QED) is 0.156. The maximum absolute atomic E-state index is 2.38. The van der Waals surface area contributed by atoms with Crippen molar-refractivity contribution < 1.29 is 0 Å². The van der Waals surface area contributed by atoms with Crippen LogP contribution in [-0.4, -0.2) is 0 Å². The van der Waals surface area contributed by atoms with Gasteiger partial charge in [0, 0.05) is 0 Å². The summed E-state index contributed by atoms with van der Waals surface area (Å²) < 4.78 is 0. The fraction of sp³-hybridized carbons (Fsp3) is 0.561. The van der Waals surface area contributed by atoms with E-state index in [0.717, 1.165) is 59.2 Å². The van der Waals surface area contributed by atoms with Crippen LogP contribution in [0.4, 0.5) is 0 Å². The summed E-state index contributed by atoms with van der Waals surface area (Å²) in [5.41, 5.74) is 12.3. The lowest BCUT2D eigenvalue weighted by Gasteiger charge is -2.14. The zero-order valence-corrected chi connectivity index (χ0v) is 46.1. The summed E-state index contributed by atoms with van der Waals surface area (Å²) in [6, 6.07) is 61.4. The summed E-state index contributed by atoms with van der Waals surface area (Å²) in [5.74, 6) is 8.67. The van der Waals surface area contributed by atoms with Crippen LogP contribution in [0.2, 0.25) is 0 Å². The molecule has 0 N–H and O–H groups in total. The van der Waals surface area contributed by atoms with Crippen LogP contribution < -0.4 is 0 Å². The molecule has 0 nitrogen and oxygen atoms in total. The van der Waals surface area contributed by atoms with Crippen molar-refractivity contribution in [3.8, 4) is 0 Å². The zero-order chi connectivity index (χ0) is 50.3. The van der Waals surface area contributed by atoms with Gasteiger partial charge in [0.1, 0.15) is 0 Å². The van der Waals surface area contributed by atoms with Gasteiger partial charge in [-0.15, -0.1) is 0 Å². The Balaban J connectivity index is -0.000000435. The lowest BCUT2D eigenvalue weighted by atomic mass is 9.90. The Hall–Kier alpha value is -4.68. The second-order valence-electron chi connectivity index (χ2n) is 23.4. The molecule has 0 radical (unpaired) electrons. The highest BCUT2D eigenvalue weighted by molar-refractivity contribution is 5.31. The molecule has 6 aromatic carbocycles. The van der Waals surface area contributed by atoms with Gasteiger partial charge in [-0.3, -0.25) is 0 Å². The van der Waals surface area contributed by atoms with Gasteiger partial charge >= 0.3 is 0 Å². The largest absolute Gasteiger partial charge is 0.0776 e. The molecule has 6 aromatic rings. The summed E-state index contributed by atoms with van der Waals surface area (Å²) in [6.07, 6.45) is 28.3. The molecule has 0 aliphatic heterocycles. The summed E-state index contributed by atoms with van der Waals surface area (Å²) >= 11 is 0. The van der Waals surface area contributed by atoms with Gasteiger partial charge in [0.25, 0.3) is 0 Å². The Bertz CT molecular complexity index is 2050. The second-order valence-corrected chi connectivity index (χ2v) is 23.4. The summed E-state index contributed by atoms with van der Waals surface area (Å²) in [7, 11) is 0. The molecule has 82 heavy (non-hydrogen) atoms. The summed E-state index contributed by atoms with van der Waals surface area (Å²) in [6.45, 7) is 14.0. The highest BCUT2D eigenvalue weighted by Gasteiger charge is 2.27. The standard InChI is InChI=1S/6C12H16.10CH4/c2*1-10-6-2-5-9-12(10)11-7-3-4-8-11;4*1-10-6-5-9-12(10)11-7-3-2-4-8-11;;;;;;;;;;/h2*2,5-6,9,11H,3-4,7-8H2,1H3;4*2-4,7-8,10,12H,5-6,9H2,1H3;10*1H4. The third kappa shape index (κ3) is 25.7. The fourth-order valence-electron chi connectivity index (χ4n) is 13.9. The molecule has 6 aliphatic carbocycles. The molecule has 0 heteroatoms. The molecule has 12 rings (SSSR count). The van der Waals surface area contributed by atoms with Crippen molar-refractivity contribution in [2.24, 2.45) is 23.7 Å². The molecule has 0 bridgehead atoms. The Morgan fingerprint density at radius 2 is 0.415 bits per heavy atom. The number of hydrogen-bond donors (Lipinski definition) is 0. The van der Waals surface area contributed by atoms with Gasteiger partial charge in [-0.25, -0.2) is 0 Å². The minimum atomic E-state index is 0. The molecule has 464 valence electrons. The van der Waals surface area contributed by atoms with E-state index < -0.39 is 0 Å². The van der Waals surface area contributed by atoms with Crippen LogP contribution in [0.25, 0.3) is 0 Å². The molecule has 0 saturated heterocycles. The fourth-order valence-corrected chi connectivity index (χ4v) is 13.9. The van der Waals surface area contributed by atoms with E-state index in [1.807, 2.05) is 0 Å². The summed E-state index contributed by atoms with van der Waals surface area (Å²) in [4.78, 5) is 0. The van der Waals surface area contributed by atoms with Crippen LogP contribution in [0.5, 0.6) is 0 Å². The van der Waals surface area contributed by atoms with Gasteiger partial charge < -0.3 is 0 Å². The van der Waals surface area contributed by atoms with Crippen LogP contribution >= 0.6 is 0 Å². The minimum absolute atomic E-state index is 0. The molecule has 0 heterocycles. The average Bonchev–Trinajstić information content (AvgIpc) is 4.31. The van der Waals surface area contributed by atoms with Crippen molar-refractivity contribution >= 4 is 0 Å². The van der Waals surface area contributed by atoms with Crippen LogP contribution in [0.15, 0.2) is 170 Å². The van der Waals surface area contributed by atoms with Gasteiger partial charge in [-0.2, -0.15) is 0 Å². The molecule has 0 amide bonds. The lowest BCUT2D eigenvalue weighted by molar-refractivity contribution is 0.533. The third-order valence-corrected chi connectivity index (χ3v) is 18.3. The monoisotopic (exact) mass is 1120 g/mol.